The summed E-state index contributed by atoms with van der Waals surface area (Å²) in [6.45, 7) is 10.4. The molecule has 3 nitrogen and oxygen atoms in total. The molecule has 4 heteroatoms. The summed E-state index contributed by atoms with van der Waals surface area (Å²) in [5.74, 6) is 0. The van der Waals surface area contributed by atoms with E-state index in [1.165, 1.54) is 0 Å². The topological polar surface area (TPSA) is 31.6 Å². The molecule has 0 aliphatic carbocycles. The molecular formula is C15H19BO3. The lowest BCUT2D eigenvalue weighted by atomic mass is 9.75. The third-order valence-electron chi connectivity index (χ3n) is 4.48. The molecule has 1 aliphatic heterocycles. The molecule has 1 saturated heterocycles. The van der Waals surface area contributed by atoms with Gasteiger partial charge in [-0.2, -0.15) is 0 Å². The summed E-state index contributed by atoms with van der Waals surface area (Å²) in [6, 6.07) is 4.11. The molecule has 1 fully saturated rings. The zero-order valence-corrected chi connectivity index (χ0v) is 12.1. The van der Waals surface area contributed by atoms with E-state index in [0.29, 0.717) is 0 Å². The van der Waals surface area contributed by atoms with E-state index in [1.54, 1.807) is 12.5 Å². The highest BCUT2D eigenvalue weighted by atomic mass is 16.7. The van der Waals surface area contributed by atoms with Crippen molar-refractivity contribution < 1.29 is 13.7 Å². The highest BCUT2D eigenvalue weighted by molar-refractivity contribution is 6.63. The first-order valence-corrected chi connectivity index (χ1v) is 6.63. The zero-order valence-electron chi connectivity index (χ0n) is 12.1. The van der Waals surface area contributed by atoms with E-state index in [0.717, 1.165) is 21.8 Å². The molecule has 1 aromatic carbocycles. The molecule has 1 aromatic heterocycles. The first kappa shape index (κ1) is 12.8. The minimum absolute atomic E-state index is 0.310. The third kappa shape index (κ3) is 1.82. The minimum atomic E-state index is -0.315. The Balaban J connectivity index is 2.04. The third-order valence-corrected chi connectivity index (χ3v) is 4.48. The fourth-order valence-electron chi connectivity index (χ4n) is 2.43. The van der Waals surface area contributed by atoms with Crippen LogP contribution in [0.4, 0.5) is 0 Å². The number of benzene rings is 1. The summed E-state index contributed by atoms with van der Waals surface area (Å²) in [5.41, 5.74) is 1.61. The quantitative estimate of drug-likeness (QED) is 0.737. The van der Waals surface area contributed by atoms with Crippen LogP contribution in [-0.2, 0) is 9.31 Å². The average molecular weight is 258 g/mol. The van der Waals surface area contributed by atoms with Crippen molar-refractivity contribution in [3.63, 3.8) is 0 Å². The van der Waals surface area contributed by atoms with E-state index >= 15 is 0 Å². The fourth-order valence-corrected chi connectivity index (χ4v) is 2.43. The highest BCUT2D eigenvalue weighted by Crippen LogP contribution is 2.37. The fraction of sp³-hybridized carbons (Fsp3) is 0.467. The standard InChI is InChI=1S/C15H19BO3/c1-10-12-9-17-8-11(12)6-7-13(10)16-18-14(2,3)15(4,5)19-16/h6-9H,1-5H3. The predicted octanol–water partition coefficient (Wildman–Crippen LogP) is 3.04. The molecule has 0 bridgehead atoms. The van der Waals surface area contributed by atoms with Crippen molar-refractivity contribution in [2.45, 2.75) is 45.8 Å². The lowest BCUT2D eigenvalue weighted by Crippen LogP contribution is -2.41. The first-order chi connectivity index (χ1) is 8.82. The van der Waals surface area contributed by atoms with Crippen molar-refractivity contribution in [1.82, 2.24) is 0 Å². The molecule has 0 spiro atoms. The molecule has 2 aromatic rings. The minimum Gasteiger partial charge on any atom is -0.471 e. The number of furan rings is 1. The second-order valence-corrected chi connectivity index (χ2v) is 6.24. The van der Waals surface area contributed by atoms with Gasteiger partial charge in [-0.25, -0.2) is 0 Å². The molecule has 0 N–H and O–H groups in total. The van der Waals surface area contributed by atoms with Gasteiger partial charge in [0.15, 0.2) is 0 Å². The molecule has 0 saturated carbocycles. The lowest BCUT2D eigenvalue weighted by Gasteiger charge is -2.32. The Kier molecular flexibility index (Phi) is 2.60. The summed E-state index contributed by atoms with van der Waals surface area (Å²) in [7, 11) is -0.315. The van der Waals surface area contributed by atoms with Crippen LogP contribution in [0.25, 0.3) is 10.8 Å². The Morgan fingerprint density at radius 1 is 0.947 bits per heavy atom. The van der Waals surface area contributed by atoms with Crippen molar-refractivity contribution in [3.05, 3.63) is 30.2 Å². The van der Waals surface area contributed by atoms with E-state index < -0.39 is 0 Å². The molecule has 0 amide bonds. The maximum atomic E-state index is 6.10. The van der Waals surface area contributed by atoms with Crippen molar-refractivity contribution in [1.29, 1.82) is 0 Å². The van der Waals surface area contributed by atoms with Crippen molar-refractivity contribution >= 4 is 23.4 Å². The van der Waals surface area contributed by atoms with E-state index in [1.807, 2.05) is 6.07 Å². The average Bonchev–Trinajstić information content (AvgIpc) is 2.83. The van der Waals surface area contributed by atoms with Gasteiger partial charge < -0.3 is 13.7 Å². The number of hydrogen-bond donors (Lipinski definition) is 0. The van der Waals surface area contributed by atoms with Crippen LogP contribution in [-0.4, -0.2) is 18.3 Å². The molecule has 0 atom stereocenters. The van der Waals surface area contributed by atoms with Gasteiger partial charge >= 0.3 is 7.12 Å². The Bertz CT molecular complexity index is 611. The molecule has 3 rings (SSSR count). The number of rotatable bonds is 1. The van der Waals surface area contributed by atoms with E-state index in [4.69, 9.17) is 13.7 Å². The van der Waals surface area contributed by atoms with Crippen LogP contribution in [0.2, 0.25) is 0 Å². The number of fused-ring (bicyclic) bond motifs is 1. The van der Waals surface area contributed by atoms with E-state index in [9.17, 15) is 0 Å². The highest BCUT2D eigenvalue weighted by Gasteiger charge is 2.52. The normalized spacial score (nSPS) is 21.2. The SMILES string of the molecule is Cc1c(B2OC(C)(C)C(C)(C)O2)ccc2cocc12. The lowest BCUT2D eigenvalue weighted by molar-refractivity contribution is 0.00578. The maximum Gasteiger partial charge on any atom is 0.495 e. The number of aryl methyl sites for hydroxylation is 1. The number of hydrogen-bond acceptors (Lipinski definition) is 3. The Morgan fingerprint density at radius 2 is 1.58 bits per heavy atom. The second-order valence-electron chi connectivity index (χ2n) is 6.24. The Morgan fingerprint density at radius 3 is 2.21 bits per heavy atom. The molecular weight excluding hydrogens is 239 g/mol. The molecule has 19 heavy (non-hydrogen) atoms. The van der Waals surface area contributed by atoms with Gasteiger partial charge in [0.25, 0.3) is 0 Å². The van der Waals surface area contributed by atoms with Crippen molar-refractivity contribution in [3.8, 4) is 0 Å². The maximum absolute atomic E-state index is 6.10. The summed E-state index contributed by atoms with van der Waals surface area (Å²) < 4.78 is 17.5. The van der Waals surface area contributed by atoms with Crippen LogP contribution in [0.1, 0.15) is 33.3 Å². The van der Waals surface area contributed by atoms with Crippen LogP contribution in [0.15, 0.2) is 29.1 Å². The Labute approximate surface area is 114 Å². The zero-order chi connectivity index (χ0) is 13.8. The van der Waals surface area contributed by atoms with Gasteiger partial charge in [-0.3, -0.25) is 0 Å². The van der Waals surface area contributed by atoms with Crippen LogP contribution in [0, 0.1) is 6.92 Å². The smallest absolute Gasteiger partial charge is 0.471 e. The van der Waals surface area contributed by atoms with Gasteiger partial charge in [0, 0.05) is 10.8 Å². The largest absolute Gasteiger partial charge is 0.495 e. The molecule has 0 radical (unpaired) electrons. The van der Waals surface area contributed by atoms with Crippen LogP contribution >= 0.6 is 0 Å². The molecule has 2 heterocycles. The van der Waals surface area contributed by atoms with Gasteiger partial charge in [-0.05, 0) is 45.6 Å². The molecule has 100 valence electrons. The van der Waals surface area contributed by atoms with Crippen molar-refractivity contribution in [2.24, 2.45) is 0 Å². The van der Waals surface area contributed by atoms with Gasteiger partial charge in [0.2, 0.25) is 0 Å². The van der Waals surface area contributed by atoms with Gasteiger partial charge in [-0.15, -0.1) is 0 Å². The predicted molar refractivity (Wildman–Crippen MR) is 76.7 cm³/mol. The van der Waals surface area contributed by atoms with Gasteiger partial charge in [0.1, 0.15) is 0 Å². The molecule has 1 aliphatic rings. The Hall–Kier alpha value is -1.26. The summed E-state index contributed by atoms with van der Waals surface area (Å²) >= 11 is 0. The van der Waals surface area contributed by atoms with Crippen LogP contribution < -0.4 is 5.46 Å². The van der Waals surface area contributed by atoms with E-state index in [2.05, 4.69) is 40.7 Å². The van der Waals surface area contributed by atoms with E-state index in [-0.39, 0.29) is 18.3 Å². The summed E-state index contributed by atoms with van der Waals surface area (Å²) in [5, 5.41) is 2.23. The second kappa shape index (κ2) is 3.87. The monoisotopic (exact) mass is 258 g/mol. The summed E-state index contributed by atoms with van der Waals surface area (Å²) in [4.78, 5) is 0. The van der Waals surface area contributed by atoms with Gasteiger partial charge in [-0.1, -0.05) is 12.1 Å². The van der Waals surface area contributed by atoms with Crippen LogP contribution in [0.5, 0.6) is 0 Å². The van der Waals surface area contributed by atoms with Crippen LogP contribution in [0.3, 0.4) is 0 Å². The first-order valence-electron chi connectivity index (χ1n) is 6.63. The van der Waals surface area contributed by atoms with Crippen molar-refractivity contribution in [2.75, 3.05) is 0 Å². The summed E-state index contributed by atoms with van der Waals surface area (Å²) in [6.07, 6.45) is 3.54. The molecule has 0 unspecified atom stereocenters. The van der Waals surface area contributed by atoms with Gasteiger partial charge in [0.05, 0.1) is 23.7 Å².